The lowest BCUT2D eigenvalue weighted by Crippen LogP contribution is -2.33. The Kier molecular flexibility index (Phi) is 5.33. The lowest BCUT2D eigenvalue weighted by molar-refractivity contribution is 0.0568. The molecule has 1 fully saturated rings. The summed E-state index contributed by atoms with van der Waals surface area (Å²) >= 11 is 0. The van der Waals surface area contributed by atoms with Gasteiger partial charge in [0.1, 0.15) is 10.7 Å². The largest absolute Gasteiger partial charge is 0.381 e. The predicted octanol–water partition coefficient (Wildman–Crippen LogP) is 1.22. The van der Waals surface area contributed by atoms with Crippen molar-refractivity contribution >= 4 is 15.8 Å². The van der Waals surface area contributed by atoms with Crippen LogP contribution in [0.1, 0.15) is 19.8 Å². The molecule has 1 saturated heterocycles. The van der Waals surface area contributed by atoms with Crippen LogP contribution >= 0.6 is 0 Å². The first-order chi connectivity index (χ1) is 9.63. The maximum Gasteiger partial charge on any atom is 0.244 e. The Hall–Kier alpha value is -1.18. The summed E-state index contributed by atoms with van der Waals surface area (Å²) in [5, 5.41) is 2.97. The number of pyridine rings is 1. The standard InChI is InChI=1S/C13H21N3O3S/c1-2-14-13-12(6-3-7-15-13)20(17,18)16-9-11-5-4-8-19-10-11/h3,6-7,11,16H,2,4-5,8-10H2,1H3,(H,14,15). The number of rotatable bonds is 6. The Morgan fingerprint density at radius 2 is 2.35 bits per heavy atom. The normalized spacial score (nSPS) is 19.8. The van der Waals surface area contributed by atoms with Crippen molar-refractivity contribution in [2.75, 3.05) is 31.6 Å². The van der Waals surface area contributed by atoms with Crippen LogP contribution in [0.25, 0.3) is 0 Å². The highest BCUT2D eigenvalue weighted by Crippen LogP contribution is 2.19. The van der Waals surface area contributed by atoms with Crippen molar-refractivity contribution in [2.24, 2.45) is 5.92 Å². The van der Waals surface area contributed by atoms with Crippen LogP contribution in [0, 0.1) is 5.92 Å². The molecule has 1 aromatic heterocycles. The van der Waals surface area contributed by atoms with Gasteiger partial charge in [-0.1, -0.05) is 0 Å². The lowest BCUT2D eigenvalue weighted by atomic mass is 10.0. The van der Waals surface area contributed by atoms with Gasteiger partial charge in [0.15, 0.2) is 0 Å². The quantitative estimate of drug-likeness (QED) is 0.825. The fourth-order valence-corrected chi connectivity index (χ4v) is 3.43. The van der Waals surface area contributed by atoms with Crippen LogP contribution in [0.3, 0.4) is 0 Å². The monoisotopic (exact) mass is 299 g/mol. The van der Waals surface area contributed by atoms with E-state index in [9.17, 15) is 8.42 Å². The zero-order valence-corrected chi connectivity index (χ0v) is 12.4. The fraction of sp³-hybridized carbons (Fsp3) is 0.615. The second-order valence-corrected chi connectivity index (χ2v) is 6.55. The van der Waals surface area contributed by atoms with E-state index in [0.29, 0.717) is 25.5 Å². The smallest absolute Gasteiger partial charge is 0.244 e. The number of nitrogens with zero attached hydrogens (tertiary/aromatic N) is 1. The van der Waals surface area contributed by atoms with Crippen LogP contribution in [0.4, 0.5) is 5.82 Å². The van der Waals surface area contributed by atoms with E-state index >= 15 is 0 Å². The average molecular weight is 299 g/mol. The van der Waals surface area contributed by atoms with Gasteiger partial charge in [-0.15, -0.1) is 0 Å². The first-order valence-electron chi connectivity index (χ1n) is 6.90. The van der Waals surface area contributed by atoms with Gasteiger partial charge in [0.05, 0.1) is 6.61 Å². The molecule has 1 aliphatic heterocycles. The summed E-state index contributed by atoms with van der Waals surface area (Å²) in [5.74, 6) is 0.639. The van der Waals surface area contributed by atoms with Crippen LogP contribution in [0.15, 0.2) is 23.2 Å². The molecule has 0 spiro atoms. The van der Waals surface area contributed by atoms with Crippen molar-refractivity contribution < 1.29 is 13.2 Å². The molecule has 0 aromatic carbocycles. The number of ether oxygens (including phenoxy) is 1. The summed E-state index contributed by atoms with van der Waals surface area (Å²) < 4.78 is 32.7. The van der Waals surface area contributed by atoms with Gasteiger partial charge in [0.2, 0.25) is 10.0 Å². The molecule has 0 amide bonds. The summed E-state index contributed by atoms with van der Waals surface area (Å²) in [6, 6.07) is 3.18. The summed E-state index contributed by atoms with van der Waals surface area (Å²) in [6.07, 6.45) is 3.56. The average Bonchev–Trinajstić information content (AvgIpc) is 2.47. The van der Waals surface area contributed by atoms with Gasteiger partial charge in [-0.05, 0) is 37.8 Å². The van der Waals surface area contributed by atoms with Gasteiger partial charge in [-0.25, -0.2) is 18.1 Å². The number of sulfonamides is 1. The molecule has 112 valence electrons. The van der Waals surface area contributed by atoms with Gasteiger partial charge >= 0.3 is 0 Å². The molecule has 20 heavy (non-hydrogen) atoms. The summed E-state index contributed by atoms with van der Waals surface area (Å²) in [5.41, 5.74) is 0. The van der Waals surface area contributed by atoms with E-state index in [4.69, 9.17) is 4.74 Å². The maximum atomic E-state index is 12.3. The highest BCUT2D eigenvalue weighted by Gasteiger charge is 2.21. The van der Waals surface area contributed by atoms with Gasteiger partial charge in [-0.3, -0.25) is 0 Å². The third-order valence-corrected chi connectivity index (χ3v) is 4.68. The van der Waals surface area contributed by atoms with E-state index in [0.717, 1.165) is 19.4 Å². The van der Waals surface area contributed by atoms with Crippen LogP contribution in [-0.2, 0) is 14.8 Å². The SMILES string of the molecule is CCNc1ncccc1S(=O)(=O)NCC1CCCOC1. The molecule has 0 radical (unpaired) electrons. The first-order valence-corrected chi connectivity index (χ1v) is 8.38. The Labute approximate surface area is 120 Å². The van der Waals surface area contributed by atoms with Crippen LogP contribution in [-0.4, -0.2) is 39.7 Å². The highest BCUT2D eigenvalue weighted by molar-refractivity contribution is 7.89. The van der Waals surface area contributed by atoms with Gasteiger partial charge in [0, 0.05) is 25.9 Å². The maximum absolute atomic E-state index is 12.3. The molecule has 1 atom stereocenters. The van der Waals surface area contributed by atoms with Crippen molar-refractivity contribution in [3.05, 3.63) is 18.3 Å². The fourth-order valence-electron chi connectivity index (χ4n) is 2.18. The van der Waals surface area contributed by atoms with E-state index in [2.05, 4.69) is 15.0 Å². The van der Waals surface area contributed by atoms with Crippen molar-refractivity contribution in [1.29, 1.82) is 0 Å². The minimum Gasteiger partial charge on any atom is -0.381 e. The highest BCUT2D eigenvalue weighted by atomic mass is 32.2. The molecule has 0 saturated carbocycles. The minimum absolute atomic E-state index is 0.193. The van der Waals surface area contributed by atoms with Crippen molar-refractivity contribution in [3.63, 3.8) is 0 Å². The molecular formula is C13H21N3O3S. The number of hydrogen-bond acceptors (Lipinski definition) is 5. The summed E-state index contributed by atoms with van der Waals surface area (Å²) in [6.45, 7) is 4.32. The zero-order chi connectivity index (χ0) is 14.4. The van der Waals surface area contributed by atoms with Gasteiger partial charge < -0.3 is 10.1 Å². The number of nitrogens with one attached hydrogen (secondary N) is 2. The minimum atomic E-state index is -3.54. The van der Waals surface area contributed by atoms with Crippen molar-refractivity contribution in [3.8, 4) is 0 Å². The zero-order valence-electron chi connectivity index (χ0n) is 11.6. The molecule has 2 N–H and O–H groups in total. The number of hydrogen-bond donors (Lipinski definition) is 2. The second-order valence-electron chi connectivity index (χ2n) is 4.82. The number of anilines is 1. The molecule has 1 unspecified atom stereocenters. The molecule has 0 aliphatic carbocycles. The topological polar surface area (TPSA) is 80.3 Å². The van der Waals surface area contributed by atoms with Crippen molar-refractivity contribution in [1.82, 2.24) is 9.71 Å². The molecule has 1 aromatic rings. The predicted molar refractivity (Wildman–Crippen MR) is 77.1 cm³/mol. The summed E-state index contributed by atoms with van der Waals surface area (Å²) in [7, 11) is -3.54. The van der Waals surface area contributed by atoms with Gasteiger partial charge in [-0.2, -0.15) is 0 Å². The Morgan fingerprint density at radius 1 is 1.50 bits per heavy atom. The molecule has 6 nitrogen and oxygen atoms in total. The molecule has 7 heteroatoms. The Morgan fingerprint density at radius 3 is 3.05 bits per heavy atom. The molecular weight excluding hydrogens is 278 g/mol. The Balaban J connectivity index is 2.05. The molecule has 2 rings (SSSR count). The van der Waals surface area contributed by atoms with Crippen LogP contribution in [0.5, 0.6) is 0 Å². The van der Waals surface area contributed by atoms with E-state index in [1.165, 1.54) is 0 Å². The first kappa shape index (κ1) is 15.2. The molecule has 1 aliphatic rings. The van der Waals surface area contributed by atoms with E-state index in [1.54, 1.807) is 18.3 Å². The van der Waals surface area contributed by atoms with Crippen molar-refractivity contribution in [2.45, 2.75) is 24.7 Å². The second kappa shape index (κ2) is 7.01. The van der Waals surface area contributed by atoms with E-state index < -0.39 is 10.0 Å². The summed E-state index contributed by atoms with van der Waals surface area (Å²) in [4.78, 5) is 4.27. The van der Waals surface area contributed by atoms with Gasteiger partial charge in [0.25, 0.3) is 0 Å². The Bertz CT molecular complexity index is 527. The van der Waals surface area contributed by atoms with Crippen LogP contribution in [0.2, 0.25) is 0 Å². The van der Waals surface area contributed by atoms with E-state index in [1.807, 2.05) is 6.92 Å². The molecule has 2 heterocycles. The third kappa shape index (κ3) is 3.91. The van der Waals surface area contributed by atoms with Crippen LogP contribution < -0.4 is 10.0 Å². The van der Waals surface area contributed by atoms with E-state index in [-0.39, 0.29) is 10.8 Å². The number of aromatic nitrogens is 1. The lowest BCUT2D eigenvalue weighted by Gasteiger charge is -2.22. The third-order valence-electron chi connectivity index (χ3n) is 3.22. The molecule has 0 bridgehead atoms.